The third-order valence-electron chi connectivity index (χ3n) is 2.11. The largest absolute Gasteiger partial charge is 0.325 e. The van der Waals surface area contributed by atoms with Gasteiger partial charge in [-0.3, -0.25) is 4.79 Å². The molecule has 0 saturated heterocycles. The normalized spacial score (nSPS) is 10.8. The summed E-state index contributed by atoms with van der Waals surface area (Å²) in [4.78, 5) is 14.1. The van der Waals surface area contributed by atoms with E-state index in [0.29, 0.717) is 20.9 Å². The Morgan fingerprint density at radius 1 is 1.43 bits per heavy atom. The van der Waals surface area contributed by atoms with Crippen molar-refractivity contribution in [3.63, 3.8) is 0 Å². The smallest absolute Gasteiger partial charge is 0.256 e. The monoisotopic (exact) mass is 255 g/mol. The summed E-state index contributed by atoms with van der Waals surface area (Å²) in [5.74, 6) is -0.386. The van der Waals surface area contributed by atoms with Gasteiger partial charge in [0.25, 0.3) is 5.56 Å². The van der Waals surface area contributed by atoms with Gasteiger partial charge in [0.1, 0.15) is 5.82 Å². The Labute approximate surface area is 87.9 Å². The van der Waals surface area contributed by atoms with Crippen molar-refractivity contribution in [2.75, 3.05) is 0 Å². The van der Waals surface area contributed by atoms with Gasteiger partial charge >= 0.3 is 0 Å². The van der Waals surface area contributed by atoms with Crippen molar-refractivity contribution >= 4 is 26.7 Å². The molecule has 72 valence electrons. The number of hydrogen-bond acceptors (Lipinski definition) is 1. The van der Waals surface area contributed by atoms with Crippen LogP contribution < -0.4 is 5.56 Å². The van der Waals surface area contributed by atoms with Crippen molar-refractivity contribution < 1.29 is 4.39 Å². The molecule has 1 aromatic heterocycles. The number of H-pyrrole nitrogens is 1. The Kier molecular flexibility index (Phi) is 2.15. The van der Waals surface area contributed by atoms with Gasteiger partial charge in [-0.05, 0) is 35.0 Å². The van der Waals surface area contributed by atoms with Crippen LogP contribution >= 0.6 is 15.9 Å². The van der Waals surface area contributed by atoms with E-state index in [1.165, 1.54) is 12.1 Å². The van der Waals surface area contributed by atoms with Crippen LogP contribution in [0.25, 0.3) is 10.8 Å². The molecule has 1 N–H and O–H groups in total. The molecular weight excluding hydrogens is 249 g/mol. The van der Waals surface area contributed by atoms with Gasteiger partial charge < -0.3 is 4.98 Å². The summed E-state index contributed by atoms with van der Waals surface area (Å²) in [6.45, 7) is 1.72. The van der Waals surface area contributed by atoms with E-state index in [1.54, 1.807) is 13.0 Å². The van der Waals surface area contributed by atoms with E-state index in [2.05, 4.69) is 20.9 Å². The van der Waals surface area contributed by atoms with Crippen LogP contribution in [0, 0.1) is 12.7 Å². The minimum Gasteiger partial charge on any atom is -0.325 e. The highest BCUT2D eigenvalue weighted by Gasteiger charge is 2.09. The standard InChI is InChI=1S/C10H7BrFNO/c1-5-9(11)8-6(10(14)13-5)3-2-4-7(8)12/h2-4H,1H3,(H,13,14). The number of aryl methyl sites for hydroxylation is 1. The van der Waals surface area contributed by atoms with Gasteiger partial charge in [0.2, 0.25) is 0 Å². The summed E-state index contributed by atoms with van der Waals surface area (Å²) in [7, 11) is 0. The Morgan fingerprint density at radius 3 is 2.86 bits per heavy atom. The molecule has 0 spiro atoms. The Hall–Kier alpha value is -1.16. The third-order valence-corrected chi connectivity index (χ3v) is 3.10. The molecule has 2 nitrogen and oxygen atoms in total. The molecule has 4 heteroatoms. The highest BCUT2D eigenvalue weighted by Crippen LogP contribution is 2.25. The second-order valence-electron chi connectivity index (χ2n) is 3.06. The van der Waals surface area contributed by atoms with E-state index in [4.69, 9.17) is 0 Å². The van der Waals surface area contributed by atoms with Crippen LogP contribution in [-0.4, -0.2) is 4.98 Å². The summed E-state index contributed by atoms with van der Waals surface area (Å²) in [6, 6.07) is 4.46. The number of nitrogens with one attached hydrogen (secondary N) is 1. The number of halogens is 2. The molecular formula is C10H7BrFNO. The minimum atomic E-state index is -0.386. The maximum Gasteiger partial charge on any atom is 0.256 e. The maximum atomic E-state index is 13.4. The van der Waals surface area contributed by atoms with Gasteiger partial charge in [-0.2, -0.15) is 0 Å². The van der Waals surface area contributed by atoms with Gasteiger partial charge in [0, 0.05) is 15.6 Å². The number of fused-ring (bicyclic) bond motifs is 1. The summed E-state index contributed by atoms with van der Waals surface area (Å²) < 4.78 is 14.0. The van der Waals surface area contributed by atoms with Crippen LogP contribution in [0.1, 0.15) is 5.69 Å². The van der Waals surface area contributed by atoms with Crippen molar-refractivity contribution in [1.82, 2.24) is 4.98 Å². The fraction of sp³-hybridized carbons (Fsp3) is 0.100. The van der Waals surface area contributed by atoms with E-state index in [9.17, 15) is 9.18 Å². The molecule has 0 bridgehead atoms. The van der Waals surface area contributed by atoms with Crippen LogP contribution in [0.5, 0.6) is 0 Å². The first-order valence-corrected chi connectivity index (χ1v) is 4.87. The number of pyridine rings is 1. The minimum absolute atomic E-state index is 0.264. The van der Waals surface area contributed by atoms with Crippen molar-refractivity contribution in [2.45, 2.75) is 6.92 Å². The van der Waals surface area contributed by atoms with Crippen LogP contribution in [0.3, 0.4) is 0 Å². The lowest BCUT2D eigenvalue weighted by Gasteiger charge is -2.04. The summed E-state index contributed by atoms with van der Waals surface area (Å²) >= 11 is 3.26. The van der Waals surface area contributed by atoms with Crippen molar-refractivity contribution in [1.29, 1.82) is 0 Å². The fourth-order valence-corrected chi connectivity index (χ4v) is 1.92. The first-order valence-electron chi connectivity index (χ1n) is 4.08. The quantitative estimate of drug-likeness (QED) is 0.772. The third kappa shape index (κ3) is 1.26. The Bertz CT molecular complexity index is 562. The molecule has 0 fully saturated rings. The number of aromatic nitrogens is 1. The van der Waals surface area contributed by atoms with E-state index < -0.39 is 0 Å². The molecule has 1 aromatic carbocycles. The number of hydrogen-bond donors (Lipinski definition) is 1. The predicted molar refractivity (Wildman–Crippen MR) is 57.0 cm³/mol. The first-order chi connectivity index (χ1) is 6.61. The SMILES string of the molecule is Cc1[nH]c(=O)c2cccc(F)c2c1Br. The van der Waals surface area contributed by atoms with E-state index in [-0.39, 0.29) is 11.4 Å². The molecule has 2 rings (SSSR count). The van der Waals surface area contributed by atoms with Gasteiger partial charge in [-0.1, -0.05) is 6.07 Å². The molecule has 2 aromatic rings. The first kappa shape index (κ1) is 9.40. The second-order valence-corrected chi connectivity index (χ2v) is 3.85. The van der Waals surface area contributed by atoms with E-state index >= 15 is 0 Å². The molecule has 1 heterocycles. The molecule has 0 atom stereocenters. The molecule has 0 unspecified atom stereocenters. The lowest BCUT2D eigenvalue weighted by molar-refractivity contribution is 0.639. The van der Waals surface area contributed by atoms with Crippen LogP contribution in [0.4, 0.5) is 4.39 Å². The zero-order valence-electron chi connectivity index (χ0n) is 7.40. The number of benzene rings is 1. The average Bonchev–Trinajstić information content (AvgIpc) is 2.14. The van der Waals surface area contributed by atoms with Crippen molar-refractivity contribution in [3.8, 4) is 0 Å². The van der Waals surface area contributed by atoms with E-state index in [1.807, 2.05) is 0 Å². The average molecular weight is 256 g/mol. The molecule has 0 amide bonds. The molecule has 0 aliphatic carbocycles. The van der Waals surface area contributed by atoms with Gasteiger partial charge in [-0.15, -0.1) is 0 Å². The summed E-state index contributed by atoms with van der Waals surface area (Å²) in [5, 5.41) is 0.705. The van der Waals surface area contributed by atoms with Crippen LogP contribution in [0.2, 0.25) is 0 Å². The van der Waals surface area contributed by atoms with Crippen molar-refractivity contribution in [3.05, 3.63) is 44.5 Å². The molecule has 0 aliphatic heterocycles. The summed E-state index contributed by atoms with van der Waals surface area (Å²) in [6.07, 6.45) is 0. The zero-order valence-corrected chi connectivity index (χ0v) is 8.98. The molecule has 0 aliphatic rings. The lowest BCUT2D eigenvalue weighted by Crippen LogP contribution is -2.09. The number of rotatable bonds is 0. The second kappa shape index (κ2) is 3.20. The highest BCUT2D eigenvalue weighted by molar-refractivity contribution is 9.10. The maximum absolute atomic E-state index is 13.4. The van der Waals surface area contributed by atoms with E-state index in [0.717, 1.165) is 0 Å². The highest BCUT2D eigenvalue weighted by atomic mass is 79.9. The molecule has 0 radical (unpaired) electrons. The van der Waals surface area contributed by atoms with Crippen LogP contribution in [-0.2, 0) is 0 Å². The van der Waals surface area contributed by atoms with Gasteiger partial charge in [0.05, 0.1) is 5.39 Å². The molecule has 0 saturated carbocycles. The zero-order chi connectivity index (χ0) is 10.3. The Balaban J connectivity index is 3.11. The van der Waals surface area contributed by atoms with Crippen LogP contribution in [0.15, 0.2) is 27.5 Å². The number of aromatic amines is 1. The fourth-order valence-electron chi connectivity index (χ4n) is 1.42. The predicted octanol–water partition coefficient (Wildman–Crippen LogP) is 2.74. The molecule has 14 heavy (non-hydrogen) atoms. The van der Waals surface area contributed by atoms with Gasteiger partial charge in [0.15, 0.2) is 0 Å². The topological polar surface area (TPSA) is 32.9 Å². The Morgan fingerprint density at radius 2 is 2.14 bits per heavy atom. The summed E-state index contributed by atoms with van der Waals surface area (Å²) in [5.41, 5.74) is 0.368. The van der Waals surface area contributed by atoms with Gasteiger partial charge in [-0.25, -0.2) is 4.39 Å². The van der Waals surface area contributed by atoms with Crippen molar-refractivity contribution in [2.24, 2.45) is 0 Å². The lowest BCUT2D eigenvalue weighted by atomic mass is 10.1.